The molecule has 0 aliphatic carbocycles. The molecule has 0 spiro atoms. The molecule has 1 saturated heterocycles. The summed E-state index contributed by atoms with van der Waals surface area (Å²) in [6.07, 6.45) is 1.36. The molecule has 0 saturated carbocycles. The highest BCUT2D eigenvalue weighted by atomic mass is 35.5. The molecule has 39 heavy (non-hydrogen) atoms. The fraction of sp³-hybridized carbons (Fsp3) is 0.367. The average Bonchev–Trinajstić information content (AvgIpc) is 3.43. The van der Waals surface area contributed by atoms with Crippen LogP contribution in [0, 0.1) is 13.8 Å². The summed E-state index contributed by atoms with van der Waals surface area (Å²) >= 11 is 13.4. The maximum absolute atomic E-state index is 13.9. The van der Waals surface area contributed by atoms with Crippen LogP contribution >= 0.6 is 23.2 Å². The van der Waals surface area contributed by atoms with Crippen LogP contribution in [0.4, 0.5) is 0 Å². The molecule has 1 amide bonds. The molecule has 2 aliphatic rings. The number of aryl methyl sites for hydroxylation is 2. The minimum absolute atomic E-state index is 0.131. The Bertz CT molecular complexity index is 1410. The van der Waals surface area contributed by atoms with Crippen LogP contribution in [-0.4, -0.2) is 46.1 Å². The largest absolute Gasteiger partial charge is 0.481 e. The first-order valence-corrected chi connectivity index (χ1v) is 13.8. The Morgan fingerprint density at radius 1 is 1.23 bits per heavy atom. The van der Waals surface area contributed by atoms with E-state index in [9.17, 15) is 14.7 Å². The number of carboxylic acids is 1. The highest BCUT2D eigenvalue weighted by molar-refractivity contribution is 6.37. The number of carbonyl (C=O) groups excluding carboxylic acids is 1. The summed E-state index contributed by atoms with van der Waals surface area (Å²) in [4.78, 5) is 32.5. The topological polar surface area (TPSA) is 89.0 Å². The molecule has 2 aliphatic heterocycles. The van der Waals surface area contributed by atoms with Crippen LogP contribution in [-0.2, 0) is 29.1 Å². The Morgan fingerprint density at radius 3 is 2.69 bits per heavy atom. The molecule has 9 heteroatoms. The fourth-order valence-corrected chi connectivity index (χ4v) is 6.12. The Kier molecular flexibility index (Phi) is 8.12. The van der Waals surface area contributed by atoms with Gasteiger partial charge in [0.05, 0.1) is 23.2 Å². The summed E-state index contributed by atoms with van der Waals surface area (Å²) in [5.41, 5.74) is 4.83. The van der Waals surface area contributed by atoms with Crippen LogP contribution in [0.15, 0.2) is 42.5 Å². The number of carbonyl (C=O) groups is 2. The molecular weight excluding hydrogens is 539 g/mol. The zero-order valence-corrected chi connectivity index (χ0v) is 23.4. The number of nitrogens with zero attached hydrogens (tertiary/aromatic N) is 2. The standard InChI is InChI=1S/C30H30Cl2N2O5/c1-17-13-18(2)33-28(39-16-19-7-4-3-5-8-19)22(17)15-34-11-10-20-23(31)14-21(27(32)26(20)29(34)35)25(30(36)37)24-9-6-12-38-24/h3-5,7-8,13-14,24-25H,6,9-12,15-16H2,1-2H3,(H,36,37). The molecule has 2 aromatic carbocycles. The zero-order valence-electron chi connectivity index (χ0n) is 21.9. The van der Waals surface area contributed by atoms with Crippen molar-refractivity contribution in [2.45, 2.75) is 58.3 Å². The van der Waals surface area contributed by atoms with Crippen LogP contribution in [0.25, 0.3) is 0 Å². The number of fused-ring (bicyclic) bond motifs is 1. The van der Waals surface area contributed by atoms with Gasteiger partial charge in [-0.3, -0.25) is 9.59 Å². The monoisotopic (exact) mass is 568 g/mol. The number of benzene rings is 2. The third kappa shape index (κ3) is 5.62. The van der Waals surface area contributed by atoms with Crippen LogP contribution in [0.1, 0.15) is 62.6 Å². The van der Waals surface area contributed by atoms with Crippen LogP contribution in [0.2, 0.25) is 10.0 Å². The highest BCUT2D eigenvalue weighted by Gasteiger charge is 2.38. The van der Waals surface area contributed by atoms with Crippen molar-refractivity contribution in [2.75, 3.05) is 13.2 Å². The summed E-state index contributed by atoms with van der Waals surface area (Å²) in [7, 11) is 0. The molecule has 0 bridgehead atoms. The maximum atomic E-state index is 13.9. The highest BCUT2D eigenvalue weighted by Crippen LogP contribution is 2.41. The first-order chi connectivity index (χ1) is 18.7. The lowest BCUT2D eigenvalue weighted by Crippen LogP contribution is -2.38. The SMILES string of the molecule is Cc1cc(C)c(CN2CCc3c(Cl)cc(C(C(=O)O)C4CCCO4)c(Cl)c3C2=O)c(OCc2ccccc2)n1. The number of halogens is 2. The number of carboxylic acid groups (broad SMARTS) is 1. The average molecular weight is 569 g/mol. The molecule has 7 nitrogen and oxygen atoms in total. The molecular formula is C30H30Cl2N2O5. The first kappa shape index (κ1) is 27.4. The van der Waals surface area contributed by atoms with Gasteiger partial charge in [-0.05, 0) is 67.5 Å². The Balaban J connectivity index is 1.46. The number of ether oxygens (including phenoxy) is 2. The van der Waals surface area contributed by atoms with Gasteiger partial charge in [0.15, 0.2) is 0 Å². The van der Waals surface area contributed by atoms with Crippen molar-refractivity contribution < 1.29 is 24.2 Å². The predicted octanol–water partition coefficient (Wildman–Crippen LogP) is 6.13. The van der Waals surface area contributed by atoms with Crippen LogP contribution < -0.4 is 4.74 Å². The van der Waals surface area contributed by atoms with Crippen molar-refractivity contribution in [1.82, 2.24) is 9.88 Å². The van der Waals surface area contributed by atoms with Crippen molar-refractivity contribution in [3.05, 3.63) is 91.6 Å². The van der Waals surface area contributed by atoms with E-state index in [2.05, 4.69) is 4.98 Å². The van der Waals surface area contributed by atoms with E-state index < -0.39 is 18.0 Å². The number of hydrogen-bond donors (Lipinski definition) is 1. The van der Waals surface area contributed by atoms with Crippen LogP contribution in [0.5, 0.6) is 5.88 Å². The molecule has 3 heterocycles. The number of aliphatic carboxylic acids is 1. The molecule has 5 rings (SSSR count). The summed E-state index contributed by atoms with van der Waals surface area (Å²) in [5, 5.41) is 10.5. The van der Waals surface area contributed by atoms with Crippen molar-refractivity contribution >= 4 is 35.1 Å². The normalized spacial score (nSPS) is 17.7. The second kappa shape index (κ2) is 11.5. The van der Waals surface area contributed by atoms with E-state index in [0.717, 1.165) is 28.8 Å². The van der Waals surface area contributed by atoms with Crippen LogP contribution in [0.3, 0.4) is 0 Å². The Morgan fingerprint density at radius 2 is 2.00 bits per heavy atom. The predicted molar refractivity (Wildman–Crippen MR) is 149 cm³/mol. The smallest absolute Gasteiger partial charge is 0.313 e. The van der Waals surface area contributed by atoms with E-state index in [-0.39, 0.29) is 23.0 Å². The zero-order chi connectivity index (χ0) is 27.7. The summed E-state index contributed by atoms with van der Waals surface area (Å²) in [6, 6.07) is 13.4. The Hall–Kier alpha value is -3.13. The van der Waals surface area contributed by atoms with Gasteiger partial charge in [0.25, 0.3) is 5.91 Å². The summed E-state index contributed by atoms with van der Waals surface area (Å²) < 4.78 is 11.8. The number of aromatic nitrogens is 1. The van der Waals surface area contributed by atoms with Gasteiger partial charge >= 0.3 is 5.97 Å². The summed E-state index contributed by atoms with van der Waals surface area (Å²) in [5.74, 6) is -1.87. The van der Waals surface area contributed by atoms with Crippen molar-refractivity contribution in [1.29, 1.82) is 0 Å². The molecule has 3 aromatic rings. The lowest BCUT2D eigenvalue weighted by molar-refractivity contribution is -0.141. The molecule has 1 fully saturated rings. The minimum Gasteiger partial charge on any atom is -0.481 e. The Labute approximate surface area is 237 Å². The molecule has 0 radical (unpaired) electrons. The number of hydrogen-bond acceptors (Lipinski definition) is 5. The van der Waals surface area contributed by atoms with Gasteiger partial charge in [-0.25, -0.2) is 4.98 Å². The van der Waals surface area contributed by atoms with E-state index in [0.29, 0.717) is 54.6 Å². The van der Waals surface area contributed by atoms with Gasteiger partial charge in [-0.15, -0.1) is 0 Å². The van der Waals surface area contributed by atoms with Gasteiger partial charge in [-0.1, -0.05) is 53.5 Å². The van der Waals surface area contributed by atoms with Crippen molar-refractivity contribution in [3.63, 3.8) is 0 Å². The first-order valence-electron chi connectivity index (χ1n) is 13.0. The fourth-order valence-electron chi connectivity index (χ4n) is 5.45. The molecule has 2 atom stereocenters. The van der Waals surface area contributed by atoms with Gasteiger partial charge in [0.1, 0.15) is 12.5 Å². The van der Waals surface area contributed by atoms with Gasteiger partial charge < -0.3 is 19.5 Å². The minimum atomic E-state index is -1.05. The van der Waals surface area contributed by atoms with E-state index in [1.165, 1.54) is 0 Å². The lowest BCUT2D eigenvalue weighted by atomic mass is 9.87. The quantitative estimate of drug-likeness (QED) is 0.351. The molecule has 1 aromatic heterocycles. The van der Waals surface area contributed by atoms with E-state index in [1.807, 2.05) is 50.2 Å². The van der Waals surface area contributed by atoms with E-state index in [4.69, 9.17) is 32.7 Å². The third-order valence-corrected chi connectivity index (χ3v) is 8.17. The molecule has 204 valence electrons. The number of rotatable bonds is 8. The van der Waals surface area contributed by atoms with Crippen molar-refractivity contribution in [2.24, 2.45) is 0 Å². The third-order valence-electron chi connectivity index (χ3n) is 7.42. The second-order valence-corrected chi connectivity index (χ2v) is 10.9. The summed E-state index contributed by atoms with van der Waals surface area (Å²) in [6.45, 7) is 5.43. The second-order valence-electron chi connectivity index (χ2n) is 10.1. The maximum Gasteiger partial charge on any atom is 0.313 e. The molecule has 2 unspecified atom stereocenters. The van der Waals surface area contributed by atoms with Crippen molar-refractivity contribution in [3.8, 4) is 5.88 Å². The van der Waals surface area contributed by atoms with Gasteiger partial charge in [0.2, 0.25) is 5.88 Å². The van der Waals surface area contributed by atoms with Gasteiger partial charge in [-0.2, -0.15) is 0 Å². The molecule has 1 N–H and O–H groups in total. The number of pyridine rings is 1. The van der Waals surface area contributed by atoms with E-state index in [1.54, 1.807) is 11.0 Å². The van der Waals surface area contributed by atoms with Gasteiger partial charge in [0, 0.05) is 29.4 Å². The number of amides is 1. The lowest BCUT2D eigenvalue weighted by Gasteiger charge is -2.32. The van der Waals surface area contributed by atoms with E-state index >= 15 is 0 Å².